The Kier molecular flexibility index (Phi) is 4.06. The fourth-order valence-corrected chi connectivity index (χ4v) is 7.22. The molecule has 1 heterocycles. The van der Waals surface area contributed by atoms with Crippen molar-refractivity contribution in [2.24, 2.45) is 28.9 Å². The van der Waals surface area contributed by atoms with Gasteiger partial charge in [0.2, 0.25) is 11.8 Å². The predicted octanol–water partition coefficient (Wildman–Crippen LogP) is 3.88. The van der Waals surface area contributed by atoms with Gasteiger partial charge in [0.1, 0.15) is 5.38 Å². The van der Waals surface area contributed by atoms with Crippen molar-refractivity contribution in [2.45, 2.75) is 55.7 Å². The van der Waals surface area contributed by atoms with Gasteiger partial charge in [0.15, 0.2) is 0 Å². The van der Waals surface area contributed by atoms with Crippen LogP contribution in [0.5, 0.6) is 0 Å². The summed E-state index contributed by atoms with van der Waals surface area (Å²) in [7, 11) is 0. The maximum atomic E-state index is 12.9. The van der Waals surface area contributed by atoms with Crippen LogP contribution in [-0.4, -0.2) is 28.1 Å². The summed E-state index contributed by atoms with van der Waals surface area (Å²) in [4.78, 5) is 27.1. The summed E-state index contributed by atoms with van der Waals surface area (Å²) < 4.78 is 38.8. The zero-order valence-corrected chi connectivity index (χ0v) is 16.4. The van der Waals surface area contributed by atoms with Crippen LogP contribution < -0.4 is 5.73 Å². The Bertz CT molecular complexity index is 858. The standard InChI is InChI=1S/C21H22ClF3N2O2/c22-15-16(12-1-3-14(4-2-12)21(23,24)25)27(18(15)28)17-13-6-10-5-11(7-13)9-20(17,8-10)19(26)29/h1-4,10-11,13,15-17H,5-9H2,(H2,26,29). The molecule has 5 fully saturated rings. The van der Waals surface area contributed by atoms with E-state index in [9.17, 15) is 22.8 Å². The Morgan fingerprint density at radius 2 is 1.69 bits per heavy atom. The first kappa shape index (κ1) is 19.2. The van der Waals surface area contributed by atoms with Crippen LogP contribution in [0.25, 0.3) is 0 Å². The zero-order chi connectivity index (χ0) is 20.7. The highest BCUT2D eigenvalue weighted by molar-refractivity contribution is 6.33. The van der Waals surface area contributed by atoms with E-state index < -0.39 is 28.6 Å². The van der Waals surface area contributed by atoms with Gasteiger partial charge in [-0.25, -0.2) is 0 Å². The maximum absolute atomic E-state index is 12.9. The van der Waals surface area contributed by atoms with Crippen LogP contribution in [0.2, 0.25) is 0 Å². The Hall–Kier alpha value is -1.76. The average Bonchev–Trinajstić information content (AvgIpc) is 2.65. The molecular formula is C21H22ClF3N2O2. The van der Waals surface area contributed by atoms with Crippen molar-refractivity contribution >= 4 is 23.4 Å². The van der Waals surface area contributed by atoms with Crippen LogP contribution in [-0.2, 0) is 15.8 Å². The first-order valence-electron chi connectivity index (χ1n) is 10.0. The number of benzene rings is 1. The van der Waals surface area contributed by atoms with Gasteiger partial charge in [0.05, 0.1) is 17.0 Å². The summed E-state index contributed by atoms with van der Waals surface area (Å²) in [5.41, 5.74) is 4.97. The topological polar surface area (TPSA) is 63.4 Å². The smallest absolute Gasteiger partial charge is 0.369 e. The predicted molar refractivity (Wildman–Crippen MR) is 99.6 cm³/mol. The monoisotopic (exact) mass is 426 g/mol. The van der Waals surface area contributed by atoms with Gasteiger partial charge in [-0.05, 0) is 67.6 Å². The molecule has 156 valence electrons. The van der Waals surface area contributed by atoms with E-state index in [1.54, 1.807) is 4.90 Å². The van der Waals surface area contributed by atoms with E-state index in [1.807, 2.05) is 0 Å². The number of hydrogen-bond donors (Lipinski definition) is 1. The van der Waals surface area contributed by atoms with Gasteiger partial charge in [-0.15, -0.1) is 11.6 Å². The number of carbonyl (C=O) groups is 2. The highest BCUT2D eigenvalue weighted by atomic mass is 35.5. The van der Waals surface area contributed by atoms with E-state index in [1.165, 1.54) is 12.1 Å². The number of rotatable bonds is 3. The van der Waals surface area contributed by atoms with Crippen LogP contribution in [0.1, 0.15) is 49.3 Å². The maximum Gasteiger partial charge on any atom is 0.416 e. The molecule has 1 aromatic rings. The van der Waals surface area contributed by atoms with Crippen molar-refractivity contribution in [3.05, 3.63) is 35.4 Å². The molecule has 5 atom stereocenters. The molecule has 1 saturated heterocycles. The number of primary amides is 1. The summed E-state index contributed by atoms with van der Waals surface area (Å²) in [6, 6.07) is 3.94. The molecule has 4 bridgehead atoms. The van der Waals surface area contributed by atoms with Crippen LogP contribution >= 0.6 is 11.6 Å². The Morgan fingerprint density at radius 3 is 2.21 bits per heavy atom. The van der Waals surface area contributed by atoms with Crippen molar-refractivity contribution in [3.8, 4) is 0 Å². The quantitative estimate of drug-likeness (QED) is 0.589. The van der Waals surface area contributed by atoms with E-state index in [0.29, 0.717) is 30.2 Å². The molecule has 4 aliphatic carbocycles. The molecule has 5 unspecified atom stereocenters. The third kappa shape index (κ3) is 2.65. The number of β-lactam (4-membered cyclic amide) rings is 1. The SMILES string of the molecule is NC(=O)C12CC3CC(CC(C3)C1N1C(=O)C(Cl)C1c1ccc(C(F)(F)F)cc1)C2. The van der Waals surface area contributed by atoms with Crippen LogP contribution in [0.4, 0.5) is 13.2 Å². The molecule has 6 rings (SSSR count). The van der Waals surface area contributed by atoms with E-state index in [2.05, 4.69) is 0 Å². The van der Waals surface area contributed by atoms with Gasteiger partial charge in [-0.1, -0.05) is 12.1 Å². The van der Waals surface area contributed by atoms with Crippen molar-refractivity contribution in [1.29, 1.82) is 0 Å². The number of halogens is 4. The number of hydrogen-bond acceptors (Lipinski definition) is 2. The van der Waals surface area contributed by atoms with Crippen molar-refractivity contribution in [1.82, 2.24) is 4.90 Å². The number of carbonyl (C=O) groups excluding carboxylic acids is 2. The highest BCUT2D eigenvalue weighted by Gasteiger charge is 2.66. The molecule has 29 heavy (non-hydrogen) atoms. The number of nitrogens with two attached hydrogens (primary N) is 1. The Balaban J connectivity index is 1.51. The number of likely N-dealkylation sites (tertiary alicyclic amines) is 1. The molecular weight excluding hydrogens is 405 g/mol. The molecule has 4 saturated carbocycles. The molecule has 0 radical (unpaired) electrons. The minimum absolute atomic E-state index is 0.193. The third-order valence-electron chi connectivity index (χ3n) is 7.69. The normalized spacial score (nSPS) is 40.8. The average molecular weight is 427 g/mol. The lowest BCUT2D eigenvalue weighted by Crippen LogP contribution is -2.72. The fraction of sp³-hybridized carbons (Fsp3) is 0.619. The minimum Gasteiger partial charge on any atom is -0.369 e. The van der Waals surface area contributed by atoms with Gasteiger partial charge in [0.25, 0.3) is 0 Å². The molecule has 1 aromatic carbocycles. The number of amides is 2. The zero-order valence-electron chi connectivity index (χ0n) is 15.7. The van der Waals surface area contributed by atoms with Crippen molar-refractivity contribution in [2.75, 3.05) is 0 Å². The van der Waals surface area contributed by atoms with Gasteiger partial charge < -0.3 is 10.6 Å². The lowest BCUT2D eigenvalue weighted by Gasteiger charge is -2.65. The summed E-state index contributed by atoms with van der Waals surface area (Å²) in [6.07, 6.45) is 0.00434. The van der Waals surface area contributed by atoms with Crippen LogP contribution in [0.3, 0.4) is 0 Å². The molecule has 4 nitrogen and oxygen atoms in total. The van der Waals surface area contributed by atoms with Gasteiger partial charge in [-0.2, -0.15) is 13.2 Å². The molecule has 2 amide bonds. The Labute approximate surface area is 171 Å². The molecule has 1 aliphatic heterocycles. The van der Waals surface area contributed by atoms with Gasteiger partial charge in [-0.3, -0.25) is 9.59 Å². The lowest BCUT2D eigenvalue weighted by atomic mass is 9.46. The number of nitrogens with zero attached hydrogens (tertiary/aromatic N) is 1. The fourth-order valence-electron chi connectivity index (χ4n) is 6.84. The van der Waals surface area contributed by atoms with Crippen molar-refractivity contribution in [3.63, 3.8) is 0 Å². The van der Waals surface area contributed by atoms with Crippen LogP contribution in [0, 0.1) is 23.2 Å². The summed E-state index contributed by atoms with van der Waals surface area (Å²) in [5.74, 6) is 0.500. The second-order valence-corrected chi connectivity index (χ2v) is 9.75. The lowest BCUT2D eigenvalue weighted by molar-refractivity contribution is -0.185. The van der Waals surface area contributed by atoms with Crippen molar-refractivity contribution < 1.29 is 22.8 Å². The largest absolute Gasteiger partial charge is 0.416 e. The minimum atomic E-state index is -4.43. The van der Waals surface area contributed by atoms with Gasteiger partial charge in [0, 0.05) is 6.04 Å². The molecule has 0 spiro atoms. The second-order valence-electron chi connectivity index (χ2n) is 9.28. The van der Waals surface area contributed by atoms with Crippen LogP contribution in [0.15, 0.2) is 24.3 Å². The summed E-state index contributed by atoms with van der Waals surface area (Å²) in [5, 5.41) is -0.839. The highest BCUT2D eigenvalue weighted by Crippen LogP contribution is 2.63. The Morgan fingerprint density at radius 1 is 1.10 bits per heavy atom. The molecule has 5 aliphatic rings. The van der Waals surface area contributed by atoms with E-state index in [0.717, 1.165) is 31.4 Å². The summed E-state index contributed by atoms with van der Waals surface area (Å²) in [6.45, 7) is 0. The van der Waals surface area contributed by atoms with E-state index in [-0.39, 0.29) is 23.8 Å². The molecule has 8 heteroatoms. The van der Waals surface area contributed by atoms with E-state index in [4.69, 9.17) is 17.3 Å². The summed E-state index contributed by atoms with van der Waals surface area (Å²) >= 11 is 6.33. The first-order chi connectivity index (χ1) is 13.6. The van der Waals surface area contributed by atoms with E-state index >= 15 is 0 Å². The molecule has 0 aromatic heterocycles. The molecule has 2 N–H and O–H groups in total. The first-order valence-corrected chi connectivity index (χ1v) is 10.5. The second kappa shape index (κ2) is 6.13. The number of alkyl halides is 4. The third-order valence-corrected chi connectivity index (χ3v) is 8.12. The van der Waals surface area contributed by atoms with Gasteiger partial charge >= 0.3 is 6.18 Å².